The fourth-order valence-corrected chi connectivity index (χ4v) is 5.96. The Bertz CT molecular complexity index is 457. The molecular formula is C31H64N4. The Balaban J connectivity index is 1.44. The van der Waals surface area contributed by atoms with E-state index >= 15 is 0 Å². The van der Waals surface area contributed by atoms with E-state index in [2.05, 4.69) is 33.6 Å². The van der Waals surface area contributed by atoms with Gasteiger partial charge in [0, 0.05) is 39.3 Å². The number of nitrogens with zero attached hydrogens (tertiary/aromatic N) is 4. The van der Waals surface area contributed by atoms with Crippen molar-refractivity contribution < 1.29 is 0 Å². The van der Waals surface area contributed by atoms with Crippen molar-refractivity contribution in [2.75, 3.05) is 79.0 Å². The molecule has 2 fully saturated rings. The minimum absolute atomic E-state index is 1.24. The van der Waals surface area contributed by atoms with Gasteiger partial charge in [-0.15, -0.1) is 0 Å². The van der Waals surface area contributed by atoms with Gasteiger partial charge in [-0.1, -0.05) is 103 Å². The number of unbranched alkanes of at least 4 members (excludes halogenated alkanes) is 15. The monoisotopic (exact) mass is 493 g/mol. The summed E-state index contributed by atoms with van der Waals surface area (Å²) in [6.45, 7) is 16.4. The second kappa shape index (κ2) is 21.9. The summed E-state index contributed by atoms with van der Waals surface area (Å²) < 4.78 is 0. The zero-order valence-corrected chi connectivity index (χ0v) is 24.3. The standard InChI is InChI=1S/C31H64N4/c1-3-4-5-6-7-8-9-10-11-12-13-14-15-16-17-18-22-33-24-20-25-34-27-26-32(2)21-19-23-35(29-28-33)31-30-34/h3-31H2,1-2H3. The summed E-state index contributed by atoms with van der Waals surface area (Å²) in [5.41, 5.74) is 0. The lowest BCUT2D eigenvalue weighted by Crippen LogP contribution is -2.46. The Hall–Kier alpha value is -0.160. The van der Waals surface area contributed by atoms with Crippen molar-refractivity contribution in [1.29, 1.82) is 0 Å². The molecule has 0 radical (unpaired) electrons. The summed E-state index contributed by atoms with van der Waals surface area (Å²) in [7, 11) is 2.30. The van der Waals surface area contributed by atoms with Gasteiger partial charge in [0.1, 0.15) is 0 Å². The first kappa shape index (κ1) is 31.1. The van der Waals surface area contributed by atoms with Crippen LogP contribution in [0.5, 0.6) is 0 Å². The summed E-state index contributed by atoms with van der Waals surface area (Å²) in [5, 5.41) is 0. The number of fused-ring (bicyclic) bond motifs is 3. The summed E-state index contributed by atoms with van der Waals surface area (Å²) in [4.78, 5) is 10.8. The minimum atomic E-state index is 1.24. The van der Waals surface area contributed by atoms with Gasteiger partial charge >= 0.3 is 0 Å². The van der Waals surface area contributed by atoms with Gasteiger partial charge in [0.2, 0.25) is 0 Å². The van der Waals surface area contributed by atoms with E-state index in [1.165, 1.54) is 188 Å². The third kappa shape index (κ3) is 17.1. The van der Waals surface area contributed by atoms with Gasteiger partial charge in [0.15, 0.2) is 0 Å². The number of rotatable bonds is 17. The smallest absolute Gasteiger partial charge is 0.0110 e. The maximum Gasteiger partial charge on any atom is 0.0110 e. The third-order valence-corrected chi connectivity index (χ3v) is 8.55. The van der Waals surface area contributed by atoms with Gasteiger partial charge in [0.05, 0.1) is 0 Å². The maximum absolute atomic E-state index is 2.79. The predicted molar refractivity (Wildman–Crippen MR) is 156 cm³/mol. The van der Waals surface area contributed by atoms with E-state index in [1.807, 2.05) is 0 Å². The molecule has 0 aliphatic carbocycles. The van der Waals surface area contributed by atoms with Gasteiger partial charge in [0.25, 0.3) is 0 Å². The van der Waals surface area contributed by atoms with E-state index in [0.717, 1.165) is 0 Å². The van der Waals surface area contributed by atoms with Crippen molar-refractivity contribution in [3.05, 3.63) is 0 Å². The summed E-state index contributed by atoms with van der Waals surface area (Å²) >= 11 is 0. The van der Waals surface area contributed by atoms with Crippen molar-refractivity contribution in [3.8, 4) is 0 Å². The summed E-state index contributed by atoms with van der Waals surface area (Å²) in [5.74, 6) is 0. The molecule has 2 bridgehead atoms. The van der Waals surface area contributed by atoms with Gasteiger partial charge in [-0.2, -0.15) is 0 Å². The van der Waals surface area contributed by atoms with E-state index < -0.39 is 0 Å². The van der Waals surface area contributed by atoms with E-state index in [9.17, 15) is 0 Å². The van der Waals surface area contributed by atoms with Crippen LogP contribution in [0.25, 0.3) is 0 Å². The lowest BCUT2D eigenvalue weighted by Gasteiger charge is -2.35. The largest absolute Gasteiger partial charge is 0.305 e. The Morgan fingerprint density at radius 3 is 1.37 bits per heavy atom. The molecule has 2 aliphatic heterocycles. The highest BCUT2D eigenvalue weighted by atomic mass is 15.3. The molecule has 2 atom stereocenters. The Labute approximate surface area is 221 Å². The lowest BCUT2D eigenvalue weighted by molar-refractivity contribution is 0.126. The quantitative estimate of drug-likeness (QED) is 0.205. The second-order valence-electron chi connectivity index (χ2n) is 11.8. The van der Waals surface area contributed by atoms with Crippen LogP contribution in [0.3, 0.4) is 0 Å². The zero-order chi connectivity index (χ0) is 24.8. The van der Waals surface area contributed by atoms with E-state index in [0.29, 0.717) is 0 Å². The molecule has 2 saturated heterocycles. The van der Waals surface area contributed by atoms with E-state index in [-0.39, 0.29) is 0 Å². The molecule has 2 rings (SSSR count). The minimum Gasteiger partial charge on any atom is -0.305 e. The zero-order valence-electron chi connectivity index (χ0n) is 24.3. The molecule has 0 spiro atoms. The number of likely N-dealkylation sites (N-methyl/N-ethyl adjacent to an activating group) is 1. The Morgan fingerprint density at radius 1 is 0.400 bits per heavy atom. The van der Waals surface area contributed by atoms with Crippen LogP contribution in [0.4, 0.5) is 0 Å². The molecule has 35 heavy (non-hydrogen) atoms. The molecule has 0 saturated carbocycles. The van der Waals surface area contributed by atoms with E-state index in [4.69, 9.17) is 0 Å². The van der Waals surface area contributed by atoms with Crippen LogP contribution in [0.15, 0.2) is 0 Å². The summed E-state index contributed by atoms with van der Waals surface area (Å²) in [6, 6.07) is 0. The van der Waals surface area contributed by atoms with Crippen molar-refractivity contribution in [2.24, 2.45) is 0 Å². The maximum atomic E-state index is 2.79. The fourth-order valence-electron chi connectivity index (χ4n) is 5.96. The van der Waals surface area contributed by atoms with Crippen LogP contribution < -0.4 is 0 Å². The molecule has 0 amide bonds. The van der Waals surface area contributed by atoms with Crippen LogP contribution in [0.1, 0.15) is 122 Å². The van der Waals surface area contributed by atoms with Crippen LogP contribution in [-0.4, -0.2) is 98.6 Å². The summed E-state index contributed by atoms with van der Waals surface area (Å²) in [6.07, 6.45) is 26.0. The Kier molecular flexibility index (Phi) is 19.4. The van der Waals surface area contributed by atoms with Crippen molar-refractivity contribution in [3.63, 3.8) is 0 Å². The third-order valence-electron chi connectivity index (χ3n) is 8.55. The molecule has 0 aromatic heterocycles. The number of hydrogen-bond acceptors (Lipinski definition) is 4. The van der Waals surface area contributed by atoms with Crippen LogP contribution in [0, 0.1) is 0 Å². The van der Waals surface area contributed by atoms with Gasteiger partial charge in [-0.05, 0) is 59.0 Å². The second-order valence-corrected chi connectivity index (χ2v) is 11.8. The molecule has 0 aromatic carbocycles. The predicted octanol–water partition coefficient (Wildman–Crippen LogP) is 6.89. The van der Waals surface area contributed by atoms with Crippen LogP contribution in [0.2, 0.25) is 0 Å². The topological polar surface area (TPSA) is 13.0 Å². The number of hydrogen-bond donors (Lipinski definition) is 0. The first-order valence-corrected chi connectivity index (χ1v) is 16.1. The highest BCUT2D eigenvalue weighted by molar-refractivity contribution is 4.73. The lowest BCUT2D eigenvalue weighted by atomic mass is 10.0. The van der Waals surface area contributed by atoms with Crippen molar-refractivity contribution in [2.45, 2.75) is 122 Å². The molecule has 4 nitrogen and oxygen atoms in total. The van der Waals surface area contributed by atoms with Crippen LogP contribution in [-0.2, 0) is 0 Å². The SMILES string of the molecule is CCCCCCCCCCCCCCCCCCN1CCCN2CCN(C)CCCN(CC1)CC2. The molecule has 0 N–H and O–H groups in total. The molecule has 4 heteroatoms. The first-order valence-electron chi connectivity index (χ1n) is 16.1. The molecule has 0 aromatic rings. The molecular weight excluding hydrogens is 428 g/mol. The Morgan fingerprint density at radius 2 is 0.829 bits per heavy atom. The average molecular weight is 493 g/mol. The highest BCUT2D eigenvalue weighted by Crippen LogP contribution is 2.14. The average Bonchev–Trinajstić information content (AvgIpc) is 2.87. The molecule has 2 aliphatic rings. The van der Waals surface area contributed by atoms with Gasteiger partial charge < -0.3 is 19.6 Å². The van der Waals surface area contributed by atoms with E-state index in [1.54, 1.807) is 0 Å². The normalized spacial score (nSPS) is 23.5. The van der Waals surface area contributed by atoms with Gasteiger partial charge in [-0.3, -0.25) is 0 Å². The van der Waals surface area contributed by atoms with Gasteiger partial charge in [-0.25, -0.2) is 0 Å². The fraction of sp³-hybridized carbons (Fsp3) is 1.00. The highest BCUT2D eigenvalue weighted by Gasteiger charge is 2.16. The van der Waals surface area contributed by atoms with Crippen LogP contribution >= 0.6 is 0 Å². The first-order chi connectivity index (χ1) is 17.3. The molecule has 2 unspecified atom stereocenters. The van der Waals surface area contributed by atoms with Crippen molar-refractivity contribution in [1.82, 2.24) is 19.6 Å². The molecule has 208 valence electrons. The van der Waals surface area contributed by atoms with Crippen molar-refractivity contribution >= 4 is 0 Å². The molecule has 2 heterocycles.